The number of nitrogens with zero attached hydrogens (tertiary/aromatic N) is 2. The maximum Gasteiger partial charge on any atom is 0.271 e. The summed E-state index contributed by atoms with van der Waals surface area (Å²) in [6.07, 6.45) is 1.47. The Bertz CT molecular complexity index is 629. The van der Waals surface area contributed by atoms with Gasteiger partial charge in [0.1, 0.15) is 5.69 Å². The highest BCUT2D eigenvalue weighted by Crippen LogP contribution is 2.19. The second-order valence-electron chi connectivity index (χ2n) is 5.00. The average Bonchev–Trinajstić information content (AvgIpc) is 2.72. The third kappa shape index (κ3) is 2.85. The van der Waals surface area contributed by atoms with Crippen molar-refractivity contribution in [2.75, 3.05) is 0 Å². The van der Waals surface area contributed by atoms with E-state index in [0.29, 0.717) is 10.7 Å². The van der Waals surface area contributed by atoms with Crippen LogP contribution in [0.15, 0.2) is 24.4 Å². The second kappa shape index (κ2) is 5.67. The van der Waals surface area contributed by atoms with Gasteiger partial charge in [-0.2, -0.15) is 5.10 Å². The molecule has 1 N–H and O–H groups in total. The van der Waals surface area contributed by atoms with Gasteiger partial charge in [0, 0.05) is 7.05 Å². The van der Waals surface area contributed by atoms with Gasteiger partial charge in [-0.05, 0) is 37.5 Å². The van der Waals surface area contributed by atoms with E-state index in [-0.39, 0.29) is 11.9 Å². The summed E-state index contributed by atoms with van der Waals surface area (Å²) in [6, 6.07) is 6.08. The molecule has 1 heterocycles. The zero-order valence-corrected chi connectivity index (χ0v) is 12.8. The molecule has 0 radical (unpaired) electrons. The largest absolute Gasteiger partial charge is 0.344 e. The molecule has 0 bridgehead atoms. The van der Waals surface area contributed by atoms with Crippen LogP contribution >= 0.6 is 11.6 Å². The van der Waals surface area contributed by atoms with Gasteiger partial charge in [0.05, 0.1) is 17.3 Å². The van der Waals surface area contributed by atoms with Crippen molar-refractivity contribution in [3.8, 4) is 0 Å². The molecule has 2 rings (SSSR count). The van der Waals surface area contributed by atoms with Crippen molar-refractivity contribution in [2.45, 2.75) is 26.8 Å². The van der Waals surface area contributed by atoms with E-state index in [9.17, 15) is 4.79 Å². The normalized spacial score (nSPS) is 12.2. The van der Waals surface area contributed by atoms with Crippen LogP contribution in [0.5, 0.6) is 0 Å². The number of hydrogen-bond acceptors (Lipinski definition) is 2. The lowest BCUT2D eigenvalue weighted by Crippen LogP contribution is -2.28. The van der Waals surface area contributed by atoms with Crippen LogP contribution < -0.4 is 5.32 Å². The van der Waals surface area contributed by atoms with Crippen molar-refractivity contribution in [2.24, 2.45) is 7.05 Å². The predicted molar refractivity (Wildman–Crippen MR) is 80.0 cm³/mol. The number of aryl methyl sites for hydroxylation is 3. The fraction of sp³-hybridized carbons (Fsp3) is 0.333. The van der Waals surface area contributed by atoms with E-state index in [0.717, 1.165) is 5.56 Å². The Morgan fingerprint density at radius 3 is 2.60 bits per heavy atom. The van der Waals surface area contributed by atoms with Gasteiger partial charge in [-0.1, -0.05) is 29.8 Å². The van der Waals surface area contributed by atoms with E-state index >= 15 is 0 Å². The van der Waals surface area contributed by atoms with Crippen LogP contribution in [0.3, 0.4) is 0 Å². The van der Waals surface area contributed by atoms with Crippen LogP contribution in [0, 0.1) is 13.8 Å². The third-order valence-electron chi connectivity index (χ3n) is 3.49. The van der Waals surface area contributed by atoms with Crippen LogP contribution in [0.4, 0.5) is 0 Å². The van der Waals surface area contributed by atoms with E-state index in [1.54, 1.807) is 7.05 Å². The van der Waals surface area contributed by atoms with Crippen molar-refractivity contribution in [3.05, 3.63) is 51.8 Å². The minimum absolute atomic E-state index is 0.0900. The molecule has 106 valence electrons. The molecule has 0 saturated carbocycles. The maximum atomic E-state index is 12.2. The predicted octanol–water partition coefficient (Wildman–Crippen LogP) is 3.18. The van der Waals surface area contributed by atoms with Gasteiger partial charge in [-0.3, -0.25) is 9.48 Å². The summed E-state index contributed by atoms with van der Waals surface area (Å²) in [4.78, 5) is 12.2. The number of rotatable bonds is 3. The molecule has 1 aromatic carbocycles. The molecule has 1 amide bonds. The number of halogens is 1. The minimum Gasteiger partial charge on any atom is -0.344 e. The minimum atomic E-state index is -0.222. The molecule has 0 aliphatic heterocycles. The Kier molecular flexibility index (Phi) is 4.14. The summed E-state index contributed by atoms with van der Waals surface area (Å²) < 4.78 is 1.48. The first-order chi connectivity index (χ1) is 9.40. The molecule has 2 aromatic rings. The van der Waals surface area contributed by atoms with E-state index in [2.05, 4.69) is 36.4 Å². The summed E-state index contributed by atoms with van der Waals surface area (Å²) in [5.41, 5.74) is 3.89. The molecule has 0 aliphatic carbocycles. The van der Waals surface area contributed by atoms with Gasteiger partial charge in [0.2, 0.25) is 0 Å². The van der Waals surface area contributed by atoms with Crippen LogP contribution in [-0.2, 0) is 7.05 Å². The maximum absolute atomic E-state index is 12.2. The molecule has 20 heavy (non-hydrogen) atoms. The Morgan fingerprint density at radius 1 is 1.35 bits per heavy atom. The van der Waals surface area contributed by atoms with Gasteiger partial charge in [-0.25, -0.2) is 0 Å². The highest BCUT2D eigenvalue weighted by Gasteiger charge is 2.18. The van der Waals surface area contributed by atoms with Gasteiger partial charge < -0.3 is 5.32 Å². The summed E-state index contributed by atoms with van der Waals surface area (Å²) in [6.45, 7) is 6.08. The van der Waals surface area contributed by atoms with Gasteiger partial charge in [0.25, 0.3) is 5.91 Å². The number of carbonyl (C=O) groups excluding carboxylic acids is 1. The summed E-state index contributed by atoms with van der Waals surface area (Å²) in [5.74, 6) is -0.222. The van der Waals surface area contributed by atoms with Crippen LogP contribution in [0.25, 0.3) is 0 Å². The van der Waals surface area contributed by atoms with E-state index in [4.69, 9.17) is 11.6 Å². The molecule has 1 aromatic heterocycles. The number of aromatic nitrogens is 2. The van der Waals surface area contributed by atoms with Crippen LogP contribution in [0.2, 0.25) is 5.02 Å². The molecule has 1 unspecified atom stereocenters. The fourth-order valence-corrected chi connectivity index (χ4v) is 2.30. The van der Waals surface area contributed by atoms with Crippen LogP contribution in [-0.4, -0.2) is 15.7 Å². The molecule has 0 aliphatic rings. The van der Waals surface area contributed by atoms with Crippen molar-refractivity contribution in [3.63, 3.8) is 0 Å². The molecule has 0 spiro atoms. The molecule has 0 saturated heterocycles. The first-order valence-electron chi connectivity index (χ1n) is 6.45. The zero-order chi connectivity index (χ0) is 14.9. The number of carbonyl (C=O) groups is 1. The van der Waals surface area contributed by atoms with Crippen molar-refractivity contribution >= 4 is 17.5 Å². The summed E-state index contributed by atoms with van der Waals surface area (Å²) in [7, 11) is 1.70. The fourth-order valence-electron chi connectivity index (χ4n) is 2.05. The molecule has 5 heteroatoms. The molecule has 4 nitrogen and oxygen atoms in total. The van der Waals surface area contributed by atoms with Crippen LogP contribution in [0.1, 0.15) is 40.1 Å². The molecular weight excluding hydrogens is 274 g/mol. The topological polar surface area (TPSA) is 46.9 Å². The van der Waals surface area contributed by atoms with Crippen molar-refractivity contribution in [1.82, 2.24) is 15.1 Å². The van der Waals surface area contributed by atoms with Crippen molar-refractivity contribution in [1.29, 1.82) is 0 Å². The lowest BCUT2D eigenvalue weighted by atomic mass is 10.0. The standard InChI is InChI=1S/C15H18ClN3O/c1-9-5-6-12(7-10(9)2)11(3)18-15(20)14-13(16)8-17-19(14)4/h5-8,11H,1-4H3,(H,18,20). The Hall–Kier alpha value is -1.81. The van der Waals surface area contributed by atoms with Gasteiger partial charge in [-0.15, -0.1) is 0 Å². The molecular formula is C15H18ClN3O. The van der Waals surface area contributed by atoms with E-state index < -0.39 is 0 Å². The quantitative estimate of drug-likeness (QED) is 0.944. The Morgan fingerprint density at radius 2 is 2.05 bits per heavy atom. The first kappa shape index (κ1) is 14.6. The Balaban J connectivity index is 2.17. The second-order valence-corrected chi connectivity index (χ2v) is 5.41. The van der Waals surface area contributed by atoms with Gasteiger partial charge in [0.15, 0.2) is 0 Å². The number of nitrogens with one attached hydrogen (secondary N) is 1. The number of hydrogen-bond donors (Lipinski definition) is 1. The third-order valence-corrected chi connectivity index (χ3v) is 3.76. The number of amides is 1. The zero-order valence-electron chi connectivity index (χ0n) is 12.1. The summed E-state index contributed by atoms with van der Waals surface area (Å²) >= 11 is 5.97. The SMILES string of the molecule is Cc1ccc(C(C)NC(=O)c2c(Cl)cnn2C)cc1C. The lowest BCUT2D eigenvalue weighted by molar-refractivity contribution is 0.0930. The van der Waals surface area contributed by atoms with E-state index in [1.807, 2.05) is 13.0 Å². The lowest BCUT2D eigenvalue weighted by Gasteiger charge is -2.16. The first-order valence-corrected chi connectivity index (χ1v) is 6.83. The van der Waals surface area contributed by atoms with Crippen molar-refractivity contribution < 1.29 is 4.79 Å². The molecule has 0 fully saturated rings. The smallest absolute Gasteiger partial charge is 0.271 e. The Labute approximate surface area is 123 Å². The highest BCUT2D eigenvalue weighted by molar-refractivity contribution is 6.33. The molecule has 1 atom stereocenters. The average molecular weight is 292 g/mol. The monoisotopic (exact) mass is 291 g/mol. The number of benzene rings is 1. The van der Waals surface area contributed by atoms with E-state index in [1.165, 1.54) is 22.0 Å². The summed E-state index contributed by atoms with van der Waals surface area (Å²) in [5, 5.41) is 7.27. The highest BCUT2D eigenvalue weighted by atomic mass is 35.5. The van der Waals surface area contributed by atoms with Gasteiger partial charge >= 0.3 is 0 Å².